The van der Waals surface area contributed by atoms with Gasteiger partial charge in [-0.3, -0.25) is 0 Å². The summed E-state index contributed by atoms with van der Waals surface area (Å²) in [4.78, 5) is 12.5. The molecule has 5 aromatic rings. The van der Waals surface area contributed by atoms with Gasteiger partial charge in [0.2, 0.25) is 0 Å². The Bertz CT molecular complexity index is 1420. The normalized spacial score (nSPS) is 11.1. The first-order valence-electron chi connectivity index (χ1n) is 10.5. The molecule has 6 nitrogen and oxygen atoms in total. The standard InChI is InChI=1S/C26H24N4O2/c1-16-29-23-14-25(32-3)24(31-2)13-21(23)26(30-16)28-15-17-6-4-7-18(12-17)19-8-5-9-22-20(19)10-11-27-22/h4-14,27H,15H2,1-3H3,(H,28,29,30). The van der Waals surface area contributed by atoms with Crippen LogP contribution in [0.1, 0.15) is 11.4 Å². The molecule has 0 spiro atoms. The van der Waals surface area contributed by atoms with E-state index >= 15 is 0 Å². The Labute approximate surface area is 186 Å². The molecule has 6 heteroatoms. The zero-order chi connectivity index (χ0) is 22.1. The molecule has 0 amide bonds. The monoisotopic (exact) mass is 424 g/mol. The topological polar surface area (TPSA) is 72.1 Å². The number of hydrogen-bond acceptors (Lipinski definition) is 5. The molecule has 0 bridgehead atoms. The highest BCUT2D eigenvalue weighted by Gasteiger charge is 2.12. The Balaban J connectivity index is 1.47. The molecule has 0 aliphatic rings. The number of rotatable bonds is 6. The van der Waals surface area contributed by atoms with E-state index in [1.54, 1.807) is 14.2 Å². The van der Waals surface area contributed by atoms with E-state index in [-0.39, 0.29) is 0 Å². The van der Waals surface area contributed by atoms with Crippen molar-refractivity contribution >= 4 is 27.6 Å². The zero-order valence-corrected chi connectivity index (χ0v) is 18.3. The minimum atomic E-state index is 0.636. The summed E-state index contributed by atoms with van der Waals surface area (Å²) in [5.74, 6) is 2.76. The van der Waals surface area contributed by atoms with Gasteiger partial charge in [-0.15, -0.1) is 0 Å². The van der Waals surface area contributed by atoms with Gasteiger partial charge >= 0.3 is 0 Å². The highest BCUT2D eigenvalue weighted by molar-refractivity contribution is 5.95. The van der Waals surface area contributed by atoms with E-state index in [1.807, 2.05) is 25.3 Å². The summed E-state index contributed by atoms with van der Waals surface area (Å²) in [5.41, 5.74) is 5.51. The smallest absolute Gasteiger partial charge is 0.162 e. The van der Waals surface area contributed by atoms with E-state index in [2.05, 4.69) is 68.8 Å². The number of H-pyrrole nitrogens is 1. The van der Waals surface area contributed by atoms with Gasteiger partial charge in [0, 0.05) is 35.1 Å². The van der Waals surface area contributed by atoms with Gasteiger partial charge in [0.05, 0.1) is 19.7 Å². The molecular weight excluding hydrogens is 400 g/mol. The van der Waals surface area contributed by atoms with E-state index in [9.17, 15) is 0 Å². The van der Waals surface area contributed by atoms with Crippen molar-refractivity contribution in [3.05, 3.63) is 78.2 Å². The molecule has 0 aliphatic heterocycles. The fourth-order valence-corrected chi connectivity index (χ4v) is 4.08. The van der Waals surface area contributed by atoms with Crippen LogP contribution in [-0.4, -0.2) is 29.2 Å². The lowest BCUT2D eigenvalue weighted by Crippen LogP contribution is -2.05. The number of methoxy groups -OCH3 is 2. The van der Waals surface area contributed by atoms with Gasteiger partial charge < -0.3 is 19.8 Å². The molecule has 160 valence electrons. The number of aryl methyl sites for hydroxylation is 1. The van der Waals surface area contributed by atoms with Crippen molar-refractivity contribution in [2.45, 2.75) is 13.5 Å². The molecule has 0 saturated carbocycles. The van der Waals surface area contributed by atoms with Crippen molar-refractivity contribution in [1.82, 2.24) is 15.0 Å². The fraction of sp³-hybridized carbons (Fsp3) is 0.154. The highest BCUT2D eigenvalue weighted by atomic mass is 16.5. The highest BCUT2D eigenvalue weighted by Crippen LogP contribution is 2.34. The molecule has 0 radical (unpaired) electrons. The third-order valence-corrected chi connectivity index (χ3v) is 5.61. The number of nitrogens with one attached hydrogen (secondary N) is 2. The van der Waals surface area contributed by atoms with Gasteiger partial charge in [-0.1, -0.05) is 30.3 Å². The van der Waals surface area contributed by atoms with Crippen LogP contribution in [0.2, 0.25) is 0 Å². The van der Waals surface area contributed by atoms with E-state index in [0.29, 0.717) is 23.9 Å². The second kappa shape index (κ2) is 8.23. The number of anilines is 1. The van der Waals surface area contributed by atoms with Crippen LogP contribution < -0.4 is 14.8 Å². The largest absolute Gasteiger partial charge is 0.493 e. The number of aromatic nitrogens is 3. The van der Waals surface area contributed by atoms with Crippen LogP contribution in [0.15, 0.2) is 66.9 Å². The van der Waals surface area contributed by atoms with Crippen LogP contribution in [0, 0.1) is 6.92 Å². The first kappa shape index (κ1) is 19.9. The third kappa shape index (κ3) is 3.60. The molecule has 0 aliphatic carbocycles. The van der Waals surface area contributed by atoms with Gasteiger partial charge in [0.15, 0.2) is 11.5 Å². The van der Waals surface area contributed by atoms with E-state index in [1.165, 1.54) is 22.1 Å². The lowest BCUT2D eigenvalue weighted by Gasteiger charge is -2.13. The summed E-state index contributed by atoms with van der Waals surface area (Å²) < 4.78 is 10.9. The van der Waals surface area contributed by atoms with Crippen LogP contribution in [0.3, 0.4) is 0 Å². The third-order valence-electron chi connectivity index (χ3n) is 5.61. The van der Waals surface area contributed by atoms with Crippen LogP contribution in [0.4, 0.5) is 5.82 Å². The second-order valence-corrected chi connectivity index (χ2v) is 7.64. The summed E-state index contributed by atoms with van der Waals surface area (Å²) in [6.45, 7) is 2.52. The Morgan fingerprint density at radius 1 is 0.875 bits per heavy atom. The summed E-state index contributed by atoms with van der Waals surface area (Å²) in [7, 11) is 3.25. The van der Waals surface area contributed by atoms with Crippen LogP contribution in [-0.2, 0) is 6.54 Å². The number of nitrogens with zero attached hydrogens (tertiary/aromatic N) is 2. The molecule has 0 atom stereocenters. The number of aromatic amines is 1. The van der Waals surface area contributed by atoms with Gasteiger partial charge in [0.1, 0.15) is 11.6 Å². The van der Waals surface area contributed by atoms with Gasteiger partial charge in [-0.05, 0) is 47.9 Å². The molecule has 3 aromatic carbocycles. The van der Waals surface area contributed by atoms with Crippen molar-refractivity contribution in [3.63, 3.8) is 0 Å². The maximum Gasteiger partial charge on any atom is 0.162 e. The predicted octanol–water partition coefficient (Wildman–Crippen LogP) is 5.72. The Kier molecular flexibility index (Phi) is 5.11. The second-order valence-electron chi connectivity index (χ2n) is 7.64. The number of hydrogen-bond donors (Lipinski definition) is 2. The number of fused-ring (bicyclic) bond motifs is 2. The molecular formula is C26H24N4O2. The van der Waals surface area contributed by atoms with Gasteiger partial charge in [-0.2, -0.15) is 0 Å². The molecule has 5 rings (SSSR count). The average molecular weight is 425 g/mol. The minimum absolute atomic E-state index is 0.636. The first-order valence-corrected chi connectivity index (χ1v) is 10.5. The van der Waals surface area contributed by atoms with Crippen molar-refractivity contribution in [1.29, 1.82) is 0 Å². The van der Waals surface area contributed by atoms with E-state index in [4.69, 9.17) is 9.47 Å². The Hall–Kier alpha value is -4.06. The molecule has 0 fully saturated rings. The summed E-state index contributed by atoms with van der Waals surface area (Å²) in [6, 6.07) is 20.8. The van der Waals surface area contributed by atoms with Crippen LogP contribution in [0.25, 0.3) is 32.9 Å². The molecule has 2 N–H and O–H groups in total. The average Bonchev–Trinajstić information content (AvgIpc) is 3.31. The fourth-order valence-electron chi connectivity index (χ4n) is 4.08. The molecule has 2 heterocycles. The minimum Gasteiger partial charge on any atom is -0.493 e. The molecule has 32 heavy (non-hydrogen) atoms. The zero-order valence-electron chi connectivity index (χ0n) is 18.3. The summed E-state index contributed by atoms with van der Waals surface area (Å²) >= 11 is 0. The summed E-state index contributed by atoms with van der Waals surface area (Å²) in [5, 5.41) is 5.60. The van der Waals surface area contributed by atoms with Crippen molar-refractivity contribution < 1.29 is 9.47 Å². The quantitative estimate of drug-likeness (QED) is 0.365. The van der Waals surface area contributed by atoms with Crippen LogP contribution >= 0.6 is 0 Å². The maximum absolute atomic E-state index is 5.47. The molecule has 0 saturated heterocycles. The molecule has 2 aromatic heterocycles. The van der Waals surface area contributed by atoms with Gasteiger partial charge in [-0.25, -0.2) is 9.97 Å². The number of benzene rings is 3. The maximum atomic E-state index is 5.47. The predicted molar refractivity (Wildman–Crippen MR) is 128 cm³/mol. The van der Waals surface area contributed by atoms with Crippen molar-refractivity contribution in [3.8, 4) is 22.6 Å². The van der Waals surface area contributed by atoms with E-state index < -0.39 is 0 Å². The Morgan fingerprint density at radius 3 is 2.53 bits per heavy atom. The number of ether oxygens (including phenoxy) is 2. The van der Waals surface area contributed by atoms with Gasteiger partial charge in [0.25, 0.3) is 0 Å². The lowest BCUT2D eigenvalue weighted by molar-refractivity contribution is 0.356. The lowest BCUT2D eigenvalue weighted by atomic mass is 10.00. The summed E-state index contributed by atoms with van der Waals surface area (Å²) in [6.07, 6.45) is 1.98. The Morgan fingerprint density at radius 2 is 1.69 bits per heavy atom. The van der Waals surface area contributed by atoms with E-state index in [0.717, 1.165) is 22.2 Å². The first-order chi connectivity index (χ1) is 15.7. The molecule has 0 unspecified atom stereocenters. The van der Waals surface area contributed by atoms with Crippen molar-refractivity contribution in [2.24, 2.45) is 0 Å². The van der Waals surface area contributed by atoms with Crippen molar-refractivity contribution in [2.75, 3.05) is 19.5 Å². The van der Waals surface area contributed by atoms with Crippen LogP contribution in [0.5, 0.6) is 11.5 Å². The SMILES string of the molecule is COc1cc2nc(C)nc(NCc3cccc(-c4cccc5[nH]ccc45)c3)c2cc1OC.